The van der Waals surface area contributed by atoms with Crippen LogP contribution >= 0.6 is 0 Å². The van der Waals surface area contributed by atoms with Crippen LogP contribution in [0.5, 0.6) is 0 Å². The van der Waals surface area contributed by atoms with Crippen LogP contribution in [0.25, 0.3) is 0 Å². The Bertz CT molecular complexity index is 796. The maximum atomic E-state index is 12.6. The normalized spacial score (nSPS) is 11.9. The molecule has 1 aromatic carbocycles. The third kappa shape index (κ3) is 5.97. The summed E-state index contributed by atoms with van der Waals surface area (Å²) in [6.45, 7) is 8.33. The zero-order chi connectivity index (χ0) is 20.7. The highest BCUT2D eigenvalue weighted by atomic mass is 16.3. The minimum absolute atomic E-state index is 0.125. The van der Waals surface area contributed by atoms with E-state index in [4.69, 9.17) is 4.42 Å². The van der Waals surface area contributed by atoms with Gasteiger partial charge >= 0.3 is 0 Å². The first kappa shape index (κ1) is 21.2. The SMILES string of the molecule is CC(C)CNC(=O)c1ccc(NC(=O)C(NC(=O)c2ccco2)C(C)C)cc1. The summed E-state index contributed by atoms with van der Waals surface area (Å²) in [5.74, 6) is -0.553. The van der Waals surface area contributed by atoms with Gasteiger partial charge in [0.2, 0.25) is 5.91 Å². The van der Waals surface area contributed by atoms with Crippen LogP contribution < -0.4 is 16.0 Å². The average molecular weight is 385 g/mol. The molecule has 0 radical (unpaired) electrons. The Hall–Kier alpha value is -3.09. The standard InChI is InChI=1S/C21H27N3O4/c1-13(2)12-22-19(25)15-7-9-16(10-8-15)23-21(27)18(14(3)4)24-20(26)17-6-5-11-28-17/h5-11,13-14,18H,12H2,1-4H3,(H,22,25)(H,23,27)(H,24,26). The first-order valence-corrected chi connectivity index (χ1v) is 9.31. The Morgan fingerprint density at radius 2 is 1.64 bits per heavy atom. The van der Waals surface area contributed by atoms with Crippen LogP contribution in [0.4, 0.5) is 5.69 Å². The molecule has 150 valence electrons. The summed E-state index contributed by atoms with van der Waals surface area (Å²) in [4.78, 5) is 36.9. The van der Waals surface area contributed by atoms with Crippen molar-refractivity contribution in [3.05, 3.63) is 54.0 Å². The number of benzene rings is 1. The van der Waals surface area contributed by atoms with Crippen molar-refractivity contribution in [3.8, 4) is 0 Å². The zero-order valence-corrected chi connectivity index (χ0v) is 16.6. The highest BCUT2D eigenvalue weighted by Gasteiger charge is 2.25. The number of amides is 3. The predicted molar refractivity (Wildman–Crippen MR) is 107 cm³/mol. The molecule has 2 aromatic rings. The fourth-order valence-electron chi connectivity index (χ4n) is 2.48. The van der Waals surface area contributed by atoms with Crippen molar-refractivity contribution in [2.24, 2.45) is 11.8 Å². The van der Waals surface area contributed by atoms with Gasteiger partial charge in [-0.3, -0.25) is 14.4 Å². The molecule has 1 unspecified atom stereocenters. The summed E-state index contributed by atoms with van der Waals surface area (Å²) in [5, 5.41) is 8.31. The van der Waals surface area contributed by atoms with E-state index in [1.165, 1.54) is 12.3 Å². The molecule has 0 aliphatic heterocycles. The molecule has 1 aromatic heterocycles. The van der Waals surface area contributed by atoms with Gasteiger partial charge in [0.25, 0.3) is 11.8 Å². The lowest BCUT2D eigenvalue weighted by molar-refractivity contribution is -0.118. The van der Waals surface area contributed by atoms with Crippen molar-refractivity contribution in [2.75, 3.05) is 11.9 Å². The van der Waals surface area contributed by atoms with Crippen LogP contribution in [0, 0.1) is 11.8 Å². The second kappa shape index (κ2) is 9.73. The van der Waals surface area contributed by atoms with Gasteiger partial charge in [-0.1, -0.05) is 27.7 Å². The van der Waals surface area contributed by atoms with Gasteiger partial charge in [-0.2, -0.15) is 0 Å². The lowest BCUT2D eigenvalue weighted by Crippen LogP contribution is -2.47. The van der Waals surface area contributed by atoms with Gasteiger partial charge in [0, 0.05) is 17.8 Å². The molecular formula is C21H27N3O4. The van der Waals surface area contributed by atoms with E-state index in [9.17, 15) is 14.4 Å². The largest absolute Gasteiger partial charge is 0.459 e. The third-order valence-corrected chi connectivity index (χ3v) is 4.07. The van der Waals surface area contributed by atoms with E-state index in [-0.39, 0.29) is 23.5 Å². The Morgan fingerprint density at radius 1 is 0.964 bits per heavy atom. The molecule has 7 nitrogen and oxygen atoms in total. The van der Waals surface area contributed by atoms with Crippen LogP contribution in [0.2, 0.25) is 0 Å². The summed E-state index contributed by atoms with van der Waals surface area (Å²) in [6.07, 6.45) is 1.40. The maximum absolute atomic E-state index is 12.6. The quantitative estimate of drug-likeness (QED) is 0.650. The van der Waals surface area contributed by atoms with Crippen LogP contribution in [-0.2, 0) is 4.79 Å². The van der Waals surface area contributed by atoms with Gasteiger partial charge in [0.1, 0.15) is 6.04 Å². The summed E-state index contributed by atoms with van der Waals surface area (Å²) < 4.78 is 5.06. The Labute approximate surface area is 164 Å². The lowest BCUT2D eigenvalue weighted by atomic mass is 10.0. The minimum atomic E-state index is -0.730. The van der Waals surface area contributed by atoms with Gasteiger partial charge in [-0.15, -0.1) is 0 Å². The minimum Gasteiger partial charge on any atom is -0.459 e. The molecule has 7 heteroatoms. The van der Waals surface area contributed by atoms with Gasteiger partial charge < -0.3 is 20.4 Å². The van der Waals surface area contributed by atoms with Crippen molar-refractivity contribution in [3.63, 3.8) is 0 Å². The summed E-state index contributed by atoms with van der Waals surface area (Å²) in [7, 11) is 0. The lowest BCUT2D eigenvalue weighted by Gasteiger charge is -2.21. The van der Waals surface area contributed by atoms with Gasteiger partial charge in [0.05, 0.1) is 6.26 Å². The van der Waals surface area contributed by atoms with Crippen LogP contribution in [0.1, 0.15) is 48.6 Å². The smallest absolute Gasteiger partial charge is 0.287 e. The Balaban J connectivity index is 1.99. The molecule has 1 heterocycles. The van der Waals surface area contributed by atoms with Gasteiger partial charge in [-0.25, -0.2) is 0 Å². The number of hydrogen-bond donors (Lipinski definition) is 3. The maximum Gasteiger partial charge on any atom is 0.287 e. The van der Waals surface area contributed by atoms with Crippen molar-refractivity contribution in [1.82, 2.24) is 10.6 Å². The van der Waals surface area contributed by atoms with E-state index in [0.29, 0.717) is 23.7 Å². The number of carbonyl (C=O) groups excluding carboxylic acids is 3. The summed E-state index contributed by atoms with van der Waals surface area (Å²) in [6, 6.07) is 9.04. The molecule has 0 aliphatic carbocycles. The summed E-state index contributed by atoms with van der Waals surface area (Å²) >= 11 is 0. The first-order valence-electron chi connectivity index (χ1n) is 9.31. The van der Waals surface area contributed by atoms with Crippen LogP contribution in [0.3, 0.4) is 0 Å². The molecule has 0 aliphatic rings. The average Bonchev–Trinajstić information content (AvgIpc) is 3.19. The van der Waals surface area contributed by atoms with Crippen LogP contribution in [-0.4, -0.2) is 30.3 Å². The van der Waals surface area contributed by atoms with E-state index in [2.05, 4.69) is 16.0 Å². The second-order valence-corrected chi connectivity index (χ2v) is 7.34. The highest BCUT2D eigenvalue weighted by molar-refractivity contribution is 6.00. The highest BCUT2D eigenvalue weighted by Crippen LogP contribution is 2.13. The first-order chi connectivity index (χ1) is 13.3. The van der Waals surface area contributed by atoms with Gasteiger partial charge in [0.15, 0.2) is 5.76 Å². The van der Waals surface area contributed by atoms with E-state index in [1.54, 1.807) is 30.3 Å². The third-order valence-electron chi connectivity index (χ3n) is 4.07. The molecule has 3 amide bonds. The Kier molecular flexibility index (Phi) is 7.37. The van der Waals surface area contributed by atoms with E-state index < -0.39 is 11.9 Å². The molecule has 0 spiro atoms. The molecule has 0 saturated carbocycles. The van der Waals surface area contributed by atoms with E-state index in [0.717, 1.165) is 0 Å². The zero-order valence-electron chi connectivity index (χ0n) is 16.6. The Morgan fingerprint density at radius 3 is 2.18 bits per heavy atom. The number of carbonyl (C=O) groups is 3. The van der Waals surface area contributed by atoms with Crippen molar-refractivity contribution in [2.45, 2.75) is 33.7 Å². The summed E-state index contributed by atoms with van der Waals surface area (Å²) in [5.41, 5.74) is 1.06. The number of furan rings is 1. The van der Waals surface area contributed by atoms with E-state index >= 15 is 0 Å². The van der Waals surface area contributed by atoms with Crippen molar-refractivity contribution < 1.29 is 18.8 Å². The topological polar surface area (TPSA) is 100 Å². The number of nitrogens with one attached hydrogen (secondary N) is 3. The predicted octanol–water partition coefficient (Wildman–Crippen LogP) is 3.06. The van der Waals surface area contributed by atoms with Crippen molar-refractivity contribution in [1.29, 1.82) is 0 Å². The fraction of sp³-hybridized carbons (Fsp3) is 0.381. The number of anilines is 1. The number of hydrogen-bond acceptors (Lipinski definition) is 4. The molecule has 0 saturated heterocycles. The second-order valence-electron chi connectivity index (χ2n) is 7.34. The molecule has 0 bridgehead atoms. The fourth-order valence-corrected chi connectivity index (χ4v) is 2.48. The van der Waals surface area contributed by atoms with Crippen LogP contribution in [0.15, 0.2) is 47.1 Å². The van der Waals surface area contributed by atoms with Gasteiger partial charge in [-0.05, 0) is 48.2 Å². The molecule has 1 atom stereocenters. The van der Waals surface area contributed by atoms with E-state index in [1.807, 2.05) is 27.7 Å². The molecule has 2 rings (SSSR count). The monoisotopic (exact) mass is 385 g/mol. The molecule has 3 N–H and O–H groups in total. The molecular weight excluding hydrogens is 358 g/mol. The van der Waals surface area contributed by atoms with Crippen molar-refractivity contribution >= 4 is 23.4 Å². The number of rotatable bonds is 8. The molecule has 0 fully saturated rings. The molecule has 28 heavy (non-hydrogen) atoms.